The molecular weight excluding hydrogens is 363 g/mol. The van der Waals surface area contributed by atoms with Gasteiger partial charge < -0.3 is 10.6 Å². The van der Waals surface area contributed by atoms with Gasteiger partial charge in [-0.1, -0.05) is 30.3 Å². The molecule has 2 aromatic rings. The zero-order valence-electron chi connectivity index (χ0n) is 13.8. The molecule has 2 aromatic carbocycles. The van der Waals surface area contributed by atoms with Crippen LogP contribution in [0.1, 0.15) is 5.56 Å². The first-order valence-corrected chi connectivity index (χ1v) is 7.96. The van der Waals surface area contributed by atoms with Crippen molar-refractivity contribution in [2.75, 3.05) is 11.9 Å². The minimum absolute atomic E-state index is 0.251. The van der Waals surface area contributed by atoms with Crippen molar-refractivity contribution in [1.29, 1.82) is 0 Å². The van der Waals surface area contributed by atoms with Gasteiger partial charge in [0.1, 0.15) is 12.6 Å². The second kappa shape index (κ2) is 7.48. The maximum Gasteiger partial charge on any atom is 0.325 e. The van der Waals surface area contributed by atoms with Gasteiger partial charge in [0.05, 0.1) is 5.69 Å². The number of imide groups is 1. The molecule has 1 saturated heterocycles. The third-order valence-electron chi connectivity index (χ3n) is 4.00. The van der Waals surface area contributed by atoms with Crippen molar-refractivity contribution < 1.29 is 27.6 Å². The van der Waals surface area contributed by atoms with E-state index < -0.39 is 53.6 Å². The minimum atomic E-state index is -1.73. The zero-order chi connectivity index (χ0) is 19.6. The van der Waals surface area contributed by atoms with E-state index in [-0.39, 0.29) is 6.42 Å². The molecule has 0 bridgehead atoms. The van der Waals surface area contributed by atoms with E-state index in [0.717, 1.165) is 11.6 Å². The van der Waals surface area contributed by atoms with Crippen LogP contribution in [-0.4, -0.2) is 35.3 Å². The molecule has 1 aliphatic heterocycles. The van der Waals surface area contributed by atoms with Crippen LogP contribution in [0.4, 0.5) is 23.7 Å². The number of carbonyl (C=O) groups is 3. The third kappa shape index (κ3) is 3.91. The summed E-state index contributed by atoms with van der Waals surface area (Å²) in [5.41, 5.74) is 0.234. The van der Waals surface area contributed by atoms with Crippen molar-refractivity contribution in [1.82, 2.24) is 10.2 Å². The Hall–Kier alpha value is -3.36. The van der Waals surface area contributed by atoms with Crippen LogP contribution in [0.3, 0.4) is 0 Å². The highest BCUT2D eigenvalue weighted by Gasteiger charge is 2.38. The highest BCUT2D eigenvalue weighted by molar-refractivity contribution is 6.08. The van der Waals surface area contributed by atoms with Crippen LogP contribution in [0.5, 0.6) is 0 Å². The van der Waals surface area contributed by atoms with Gasteiger partial charge in [-0.15, -0.1) is 0 Å². The summed E-state index contributed by atoms with van der Waals surface area (Å²) < 4.78 is 39.7. The maximum atomic E-state index is 13.6. The molecule has 9 heteroatoms. The highest BCUT2D eigenvalue weighted by Crippen LogP contribution is 2.20. The molecule has 1 atom stereocenters. The molecule has 3 rings (SSSR count). The molecule has 0 unspecified atom stereocenters. The SMILES string of the molecule is O=C(CN1C(=O)N[C@H](Cc2ccccc2)C1=O)Nc1ccc(F)c(F)c1F. The molecule has 1 heterocycles. The van der Waals surface area contributed by atoms with Crippen molar-refractivity contribution in [3.05, 3.63) is 65.5 Å². The standard InChI is InChI=1S/C18H14F3N3O3/c19-11-6-7-12(16(21)15(11)20)22-14(25)9-24-17(26)13(23-18(24)27)8-10-4-2-1-3-5-10/h1-7,13H,8-9H2,(H,22,25)(H,23,27)/t13-/m1/s1. The van der Waals surface area contributed by atoms with Crippen LogP contribution in [0, 0.1) is 17.5 Å². The lowest BCUT2D eigenvalue weighted by atomic mass is 10.1. The van der Waals surface area contributed by atoms with Crippen molar-refractivity contribution in [2.24, 2.45) is 0 Å². The zero-order valence-corrected chi connectivity index (χ0v) is 13.8. The Morgan fingerprint density at radius 3 is 2.44 bits per heavy atom. The van der Waals surface area contributed by atoms with E-state index in [0.29, 0.717) is 11.0 Å². The van der Waals surface area contributed by atoms with E-state index in [1.54, 1.807) is 24.3 Å². The van der Waals surface area contributed by atoms with Gasteiger partial charge in [0.25, 0.3) is 5.91 Å². The molecule has 0 saturated carbocycles. The van der Waals surface area contributed by atoms with Crippen molar-refractivity contribution in [2.45, 2.75) is 12.5 Å². The summed E-state index contributed by atoms with van der Waals surface area (Å²) in [4.78, 5) is 37.0. The van der Waals surface area contributed by atoms with Gasteiger partial charge in [-0.2, -0.15) is 0 Å². The van der Waals surface area contributed by atoms with Crippen LogP contribution in [-0.2, 0) is 16.0 Å². The summed E-state index contributed by atoms with van der Waals surface area (Å²) in [5, 5.41) is 4.49. The van der Waals surface area contributed by atoms with Crippen molar-refractivity contribution >= 4 is 23.5 Å². The number of halogens is 3. The Kier molecular flexibility index (Phi) is 5.11. The predicted molar refractivity (Wildman–Crippen MR) is 89.1 cm³/mol. The fourth-order valence-electron chi connectivity index (χ4n) is 2.67. The van der Waals surface area contributed by atoms with Gasteiger partial charge in [-0.05, 0) is 17.7 Å². The molecule has 6 nitrogen and oxygen atoms in total. The molecule has 27 heavy (non-hydrogen) atoms. The third-order valence-corrected chi connectivity index (χ3v) is 4.00. The van der Waals surface area contributed by atoms with E-state index in [2.05, 4.69) is 5.32 Å². The van der Waals surface area contributed by atoms with E-state index >= 15 is 0 Å². The number of hydrogen-bond acceptors (Lipinski definition) is 3. The Morgan fingerprint density at radius 1 is 1.04 bits per heavy atom. The van der Waals surface area contributed by atoms with Crippen LogP contribution >= 0.6 is 0 Å². The summed E-state index contributed by atoms with van der Waals surface area (Å²) in [7, 11) is 0. The molecule has 1 aliphatic rings. The fraction of sp³-hybridized carbons (Fsp3) is 0.167. The molecule has 2 N–H and O–H groups in total. The number of benzene rings is 2. The lowest BCUT2D eigenvalue weighted by Crippen LogP contribution is -2.38. The van der Waals surface area contributed by atoms with Crippen LogP contribution in [0.25, 0.3) is 0 Å². The first kappa shape index (κ1) is 18.4. The lowest BCUT2D eigenvalue weighted by Gasteiger charge is -2.13. The number of amides is 4. The number of urea groups is 1. The first-order chi connectivity index (χ1) is 12.9. The minimum Gasteiger partial charge on any atom is -0.325 e. The summed E-state index contributed by atoms with van der Waals surface area (Å²) in [6, 6.07) is 8.88. The molecule has 0 spiro atoms. The predicted octanol–water partition coefficient (Wildman–Crippen LogP) is 2.21. The van der Waals surface area contributed by atoms with Crippen molar-refractivity contribution in [3.63, 3.8) is 0 Å². The van der Waals surface area contributed by atoms with E-state index in [1.807, 2.05) is 11.4 Å². The van der Waals surface area contributed by atoms with Crippen LogP contribution in [0.2, 0.25) is 0 Å². The molecule has 0 aliphatic carbocycles. The average molecular weight is 377 g/mol. The van der Waals surface area contributed by atoms with Gasteiger partial charge >= 0.3 is 6.03 Å². The first-order valence-electron chi connectivity index (χ1n) is 7.96. The Morgan fingerprint density at radius 2 is 1.74 bits per heavy atom. The topological polar surface area (TPSA) is 78.5 Å². The second-order valence-electron chi connectivity index (χ2n) is 5.89. The van der Waals surface area contributed by atoms with Gasteiger partial charge in [0.2, 0.25) is 5.91 Å². The molecular formula is C18H14F3N3O3. The summed E-state index contributed by atoms with van der Waals surface area (Å²) in [6.07, 6.45) is 0.251. The van der Waals surface area contributed by atoms with Crippen LogP contribution < -0.4 is 10.6 Å². The molecule has 1 fully saturated rings. The van der Waals surface area contributed by atoms with Crippen molar-refractivity contribution in [3.8, 4) is 0 Å². The molecule has 4 amide bonds. The summed E-state index contributed by atoms with van der Waals surface area (Å²) in [5.74, 6) is -6.23. The van der Waals surface area contributed by atoms with Gasteiger partial charge in [0, 0.05) is 6.42 Å². The summed E-state index contributed by atoms with van der Waals surface area (Å²) >= 11 is 0. The summed E-state index contributed by atoms with van der Waals surface area (Å²) in [6.45, 7) is -0.686. The van der Waals surface area contributed by atoms with E-state index in [4.69, 9.17) is 0 Å². The van der Waals surface area contributed by atoms with E-state index in [1.165, 1.54) is 0 Å². The number of nitrogens with one attached hydrogen (secondary N) is 2. The Labute approximate surface area is 152 Å². The molecule has 140 valence electrons. The van der Waals surface area contributed by atoms with E-state index in [9.17, 15) is 27.6 Å². The smallest absolute Gasteiger partial charge is 0.325 e. The number of hydrogen-bond donors (Lipinski definition) is 2. The number of nitrogens with zero attached hydrogens (tertiary/aromatic N) is 1. The number of carbonyl (C=O) groups excluding carboxylic acids is 3. The number of anilines is 1. The molecule has 0 radical (unpaired) electrons. The Bertz CT molecular complexity index is 905. The molecule has 0 aromatic heterocycles. The lowest BCUT2D eigenvalue weighted by molar-refractivity contribution is -0.130. The van der Waals surface area contributed by atoms with Crippen LogP contribution in [0.15, 0.2) is 42.5 Å². The average Bonchev–Trinajstić information content (AvgIpc) is 2.90. The van der Waals surface area contributed by atoms with Gasteiger partial charge in [-0.25, -0.2) is 18.0 Å². The van der Waals surface area contributed by atoms with Gasteiger partial charge in [0.15, 0.2) is 17.5 Å². The van der Waals surface area contributed by atoms with Gasteiger partial charge in [-0.3, -0.25) is 14.5 Å². The normalized spacial score (nSPS) is 16.4. The largest absolute Gasteiger partial charge is 0.325 e. The Balaban J connectivity index is 1.65. The quantitative estimate of drug-likeness (QED) is 0.620. The second-order valence-corrected chi connectivity index (χ2v) is 5.89. The maximum absolute atomic E-state index is 13.6. The number of rotatable bonds is 5. The monoisotopic (exact) mass is 377 g/mol. The fourth-order valence-corrected chi connectivity index (χ4v) is 2.67. The highest BCUT2D eigenvalue weighted by atomic mass is 19.2.